The lowest BCUT2D eigenvalue weighted by atomic mass is 10.1. The number of rotatable bonds is 7. The number of carboxylic acids is 1. The Hall–Kier alpha value is -4.61. The Balaban J connectivity index is 0.000000178. The molecule has 0 atom stereocenters. The maximum atomic E-state index is 12.7. The van der Waals surface area contributed by atoms with Gasteiger partial charge in [0.1, 0.15) is 0 Å². The zero-order chi connectivity index (χ0) is 35.2. The molecule has 2 N–H and O–H groups in total. The number of nitrogens with zero attached hydrogens (tertiary/aromatic N) is 3. The standard InChI is InChI=1S/C21H13Cl2N3OS.C16H9Cl2NO2S/c22-15-5-1-13(2-6-15)18-19(14-3-7-16(23)8-4-14)28-21(26-18)20(27)25-17-9-11-24-12-10-17;17-11-5-1-9(2-6-11)13-14(22-15(19-13)16(20)21)10-3-7-12(18)8-4-10/h1-12H,(H,24,25,27);1-8H,(H,20,21). The molecule has 7 nitrogen and oxygen atoms in total. The molecular formula is C37H22Cl4N4O3S2. The zero-order valence-corrected chi connectivity index (χ0v) is 30.1. The monoisotopic (exact) mass is 774 g/mol. The summed E-state index contributed by atoms with van der Waals surface area (Å²) >= 11 is 26.3. The highest BCUT2D eigenvalue weighted by molar-refractivity contribution is 7.18. The third-order valence-electron chi connectivity index (χ3n) is 7.02. The summed E-state index contributed by atoms with van der Waals surface area (Å²) in [5.74, 6) is -1.31. The van der Waals surface area contributed by atoms with E-state index in [9.17, 15) is 14.7 Å². The molecular weight excluding hydrogens is 754 g/mol. The van der Waals surface area contributed by atoms with Gasteiger partial charge in [0, 0.05) is 49.3 Å². The van der Waals surface area contributed by atoms with Crippen LogP contribution < -0.4 is 5.32 Å². The third-order valence-corrected chi connectivity index (χ3v) is 10.2. The van der Waals surface area contributed by atoms with Gasteiger partial charge >= 0.3 is 5.97 Å². The molecule has 7 rings (SSSR count). The molecule has 0 radical (unpaired) electrons. The van der Waals surface area contributed by atoms with Gasteiger partial charge in [-0.25, -0.2) is 14.8 Å². The molecule has 0 bridgehead atoms. The number of anilines is 1. The summed E-state index contributed by atoms with van der Waals surface area (Å²) in [7, 11) is 0. The molecule has 0 saturated heterocycles. The van der Waals surface area contributed by atoms with Crippen LogP contribution in [0.25, 0.3) is 43.4 Å². The summed E-state index contributed by atoms with van der Waals surface area (Å²) in [4.78, 5) is 38.5. The minimum Gasteiger partial charge on any atom is -0.476 e. The van der Waals surface area contributed by atoms with Crippen LogP contribution in [0.1, 0.15) is 19.6 Å². The first-order chi connectivity index (χ1) is 24.1. The molecule has 0 aliphatic heterocycles. The number of halogens is 4. The van der Waals surface area contributed by atoms with E-state index in [0.29, 0.717) is 36.5 Å². The molecule has 0 aliphatic rings. The van der Waals surface area contributed by atoms with Gasteiger partial charge in [-0.2, -0.15) is 0 Å². The minimum atomic E-state index is -1.04. The lowest BCUT2D eigenvalue weighted by molar-refractivity contribution is 0.0696. The second kappa shape index (κ2) is 15.9. The van der Waals surface area contributed by atoms with Gasteiger partial charge in [-0.1, -0.05) is 94.9 Å². The first-order valence-electron chi connectivity index (χ1n) is 14.6. The van der Waals surface area contributed by atoms with Crippen molar-refractivity contribution < 1.29 is 14.7 Å². The number of hydrogen-bond acceptors (Lipinski definition) is 7. The SMILES string of the molecule is O=C(Nc1ccncc1)c1nc(-c2ccc(Cl)cc2)c(-c2ccc(Cl)cc2)s1.O=C(O)c1nc(-c2ccc(Cl)cc2)c(-c2ccc(Cl)cc2)s1. The predicted molar refractivity (Wildman–Crippen MR) is 205 cm³/mol. The van der Waals surface area contributed by atoms with E-state index in [-0.39, 0.29) is 10.9 Å². The second-order valence-corrected chi connectivity index (χ2v) is 14.2. The van der Waals surface area contributed by atoms with Crippen molar-refractivity contribution >= 4 is 86.6 Å². The molecule has 0 spiro atoms. The Bertz CT molecular complexity index is 2130. The number of thiazole rings is 2. The largest absolute Gasteiger partial charge is 0.476 e. The van der Waals surface area contributed by atoms with Crippen LogP contribution >= 0.6 is 69.1 Å². The van der Waals surface area contributed by atoms with Crippen LogP contribution in [0.15, 0.2) is 122 Å². The van der Waals surface area contributed by atoms with E-state index < -0.39 is 5.97 Å². The number of aromatic nitrogens is 3. The van der Waals surface area contributed by atoms with Crippen LogP contribution in [-0.2, 0) is 0 Å². The smallest absolute Gasteiger partial charge is 0.365 e. The van der Waals surface area contributed by atoms with Gasteiger partial charge in [0.25, 0.3) is 5.91 Å². The third kappa shape index (κ3) is 8.57. The van der Waals surface area contributed by atoms with E-state index in [4.69, 9.17) is 46.4 Å². The van der Waals surface area contributed by atoms with E-state index >= 15 is 0 Å². The fourth-order valence-electron chi connectivity index (χ4n) is 4.65. The Morgan fingerprint density at radius 2 is 0.880 bits per heavy atom. The number of benzene rings is 4. The zero-order valence-electron chi connectivity index (χ0n) is 25.5. The highest BCUT2D eigenvalue weighted by atomic mass is 35.5. The maximum Gasteiger partial charge on any atom is 0.365 e. The normalized spacial score (nSPS) is 10.6. The summed E-state index contributed by atoms with van der Waals surface area (Å²) in [5, 5.41) is 15.0. The predicted octanol–water partition coefficient (Wildman–Crippen LogP) is 11.9. The minimum absolute atomic E-state index is 0.0508. The molecule has 7 aromatic rings. The van der Waals surface area contributed by atoms with Crippen LogP contribution in [0, 0.1) is 0 Å². The number of carbonyl (C=O) groups is 2. The van der Waals surface area contributed by atoms with Crippen LogP contribution in [0.4, 0.5) is 5.69 Å². The van der Waals surface area contributed by atoms with Crippen molar-refractivity contribution in [2.45, 2.75) is 0 Å². The van der Waals surface area contributed by atoms with E-state index in [0.717, 1.165) is 49.0 Å². The van der Waals surface area contributed by atoms with Crippen LogP contribution in [0.3, 0.4) is 0 Å². The second-order valence-electron chi connectivity index (χ2n) is 10.4. The number of aromatic carboxylic acids is 1. The van der Waals surface area contributed by atoms with Gasteiger partial charge in [0.2, 0.25) is 5.01 Å². The molecule has 1 amide bonds. The average molecular weight is 777 g/mol. The van der Waals surface area contributed by atoms with Crippen molar-refractivity contribution in [2.24, 2.45) is 0 Å². The summed E-state index contributed by atoms with van der Waals surface area (Å²) in [6.45, 7) is 0. The Morgan fingerprint density at radius 1 is 0.520 bits per heavy atom. The van der Waals surface area contributed by atoms with Crippen LogP contribution in [0.2, 0.25) is 20.1 Å². The Morgan fingerprint density at radius 3 is 1.28 bits per heavy atom. The van der Waals surface area contributed by atoms with Gasteiger partial charge in [-0.05, 0) is 71.8 Å². The van der Waals surface area contributed by atoms with Gasteiger partial charge in [0.05, 0.1) is 21.1 Å². The molecule has 3 aromatic heterocycles. The van der Waals surface area contributed by atoms with E-state index in [1.54, 1.807) is 60.9 Å². The molecule has 0 aliphatic carbocycles. The lowest BCUT2D eigenvalue weighted by Gasteiger charge is -2.03. The molecule has 50 heavy (non-hydrogen) atoms. The average Bonchev–Trinajstić information content (AvgIpc) is 3.77. The van der Waals surface area contributed by atoms with Crippen LogP contribution in [-0.4, -0.2) is 31.9 Å². The molecule has 0 saturated carbocycles. The highest BCUT2D eigenvalue weighted by Gasteiger charge is 2.20. The van der Waals surface area contributed by atoms with Crippen molar-refractivity contribution in [3.8, 4) is 43.4 Å². The fraction of sp³-hybridized carbons (Fsp3) is 0. The molecule has 13 heteroatoms. The molecule has 4 aromatic carbocycles. The number of nitrogens with one attached hydrogen (secondary N) is 1. The molecule has 248 valence electrons. The first-order valence-corrected chi connectivity index (χ1v) is 17.8. The molecule has 3 heterocycles. The molecule has 0 fully saturated rings. The number of hydrogen-bond donors (Lipinski definition) is 2. The van der Waals surface area contributed by atoms with Crippen LogP contribution in [0.5, 0.6) is 0 Å². The van der Waals surface area contributed by atoms with Gasteiger partial charge in [0.15, 0.2) is 5.01 Å². The number of amides is 1. The lowest BCUT2D eigenvalue weighted by Crippen LogP contribution is -2.11. The van der Waals surface area contributed by atoms with Crippen molar-refractivity contribution in [3.05, 3.63) is 152 Å². The van der Waals surface area contributed by atoms with Crippen molar-refractivity contribution in [1.82, 2.24) is 15.0 Å². The summed E-state index contributed by atoms with van der Waals surface area (Å²) in [5.41, 5.74) is 5.53. The Labute approximate surface area is 314 Å². The highest BCUT2D eigenvalue weighted by Crippen LogP contribution is 2.39. The fourth-order valence-corrected chi connectivity index (χ4v) is 7.07. The summed E-state index contributed by atoms with van der Waals surface area (Å²) in [6, 6.07) is 32.7. The topological polar surface area (TPSA) is 105 Å². The first kappa shape index (κ1) is 35.2. The number of carbonyl (C=O) groups excluding carboxylic acids is 1. The van der Waals surface area contributed by atoms with Gasteiger partial charge in [-0.15, -0.1) is 22.7 Å². The van der Waals surface area contributed by atoms with Crippen molar-refractivity contribution in [1.29, 1.82) is 0 Å². The van der Waals surface area contributed by atoms with Crippen molar-refractivity contribution in [3.63, 3.8) is 0 Å². The maximum absolute atomic E-state index is 12.7. The Kier molecular flexibility index (Phi) is 11.2. The number of carboxylic acid groups (broad SMARTS) is 1. The summed E-state index contributed by atoms with van der Waals surface area (Å²) < 4.78 is 0. The number of pyridine rings is 1. The quantitative estimate of drug-likeness (QED) is 0.167. The molecule has 0 unspecified atom stereocenters. The van der Waals surface area contributed by atoms with E-state index in [2.05, 4.69) is 20.3 Å². The van der Waals surface area contributed by atoms with E-state index in [1.807, 2.05) is 60.7 Å². The van der Waals surface area contributed by atoms with Crippen molar-refractivity contribution in [2.75, 3.05) is 5.32 Å². The van der Waals surface area contributed by atoms with E-state index in [1.165, 1.54) is 11.3 Å². The van der Waals surface area contributed by atoms with Gasteiger partial charge in [-0.3, -0.25) is 9.78 Å². The van der Waals surface area contributed by atoms with Gasteiger partial charge < -0.3 is 10.4 Å². The summed E-state index contributed by atoms with van der Waals surface area (Å²) in [6.07, 6.45) is 3.24.